The monoisotopic (exact) mass is 297 g/mol. The number of carboxylic acids is 1. The number of nitrogens with zero attached hydrogens (tertiary/aromatic N) is 3. The van der Waals surface area contributed by atoms with Crippen molar-refractivity contribution in [2.45, 2.75) is 38.8 Å². The van der Waals surface area contributed by atoms with E-state index in [1.54, 1.807) is 25.8 Å². The molecule has 0 aromatic carbocycles. The lowest BCUT2D eigenvalue weighted by atomic mass is 10.2. The van der Waals surface area contributed by atoms with Crippen LogP contribution in [0.2, 0.25) is 0 Å². The van der Waals surface area contributed by atoms with E-state index >= 15 is 0 Å². The van der Waals surface area contributed by atoms with Gasteiger partial charge in [0.25, 0.3) is 0 Å². The molecule has 1 N–H and O–H groups in total. The van der Waals surface area contributed by atoms with E-state index < -0.39 is 5.97 Å². The molecule has 0 atom stereocenters. The Bertz CT molecular complexity index is 532. The topological polar surface area (TPSA) is 83.4 Å². The lowest BCUT2D eigenvalue weighted by Crippen LogP contribution is -2.34. The molecule has 7 heteroatoms. The van der Waals surface area contributed by atoms with E-state index in [9.17, 15) is 14.7 Å². The van der Waals surface area contributed by atoms with Gasteiger partial charge in [-0.1, -0.05) is 11.8 Å². The molecule has 0 saturated heterocycles. The van der Waals surface area contributed by atoms with Crippen molar-refractivity contribution >= 4 is 23.6 Å². The highest BCUT2D eigenvalue weighted by atomic mass is 32.2. The van der Waals surface area contributed by atoms with E-state index in [0.717, 1.165) is 11.8 Å². The molecule has 1 aromatic rings. The van der Waals surface area contributed by atoms with E-state index in [-0.39, 0.29) is 23.3 Å². The fraction of sp³-hybridized carbons (Fsp3) is 0.538. The molecule has 0 spiro atoms. The zero-order valence-electron chi connectivity index (χ0n) is 12.3. The van der Waals surface area contributed by atoms with Crippen molar-refractivity contribution in [1.29, 1.82) is 0 Å². The first-order valence-corrected chi connectivity index (χ1v) is 7.19. The van der Waals surface area contributed by atoms with Gasteiger partial charge in [-0.15, -0.1) is 0 Å². The minimum absolute atomic E-state index is 0.0599. The molecule has 0 bridgehead atoms. The summed E-state index contributed by atoms with van der Waals surface area (Å²) in [6, 6.07) is 0.107. The van der Waals surface area contributed by atoms with Crippen LogP contribution in [0.3, 0.4) is 0 Å². The lowest BCUT2D eigenvalue weighted by molar-refractivity contribution is -0.128. The predicted molar refractivity (Wildman–Crippen MR) is 77.1 cm³/mol. The van der Waals surface area contributed by atoms with Crippen molar-refractivity contribution in [3.8, 4) is 0 Å². The van der Waals surface area contributed by atoms with Crippen LogP contribution in [0, 0.1) is 13.8 Å². The Balaban J connectivity index is 2.93. The first kappa shape index (κ1) is 16.4. The van der Waals surface area contributed by atoms with Crippen LogP contribution in [0.15, 0.2) is 5.03 Å². The standard InChI is InChI=1S/C13H19N3O3S/c1-7(2)16(5)10(17)6-20-12-11(13(18)19)8(3)14-9(4)15-12/h7H,6H2,1-5H3,(H,18,19). The SMILES string of the molecule is Cc1nc(C)c(C(=O)O)c(SCC(=O)N(C)C(C)C)n1. The number of aryl methyl sites for hydroxylation is 2. The third-order valence-electron chi connectivity index (χ3n) is 2.88. The summed E-state index contributed by atoms with van der Waals surface area (Å²) >= 11 is 1.13. The van der Waals surface area contributed by atoms with Crippen molar-refractivity contribution in [2.24, 2.45) is 0 Å². The van der Waals surface area contributed by atoms with Gasteiger partial charge in [0.1, 0.15) is 16.4 Å². The number of hydrogen-bond acceptors (Lipinski definition) is 5. The Morgan fingerprint density at radius 2 is 1.90 bits per heavy atom. The molecular weight excluding hydrogens is 278 g/mol. The molecule has 0 aliphatic heterocycles. The molecule has 0 fully saturated rings. The largest absolute Gasteiger partial charge is 0.478 e. The Hall–Kier alpha value is -1.63. The second-order valence-electron chi connectivity index (χ2n) is 4.73. The van der Waals surface area contributed by atoms with E-state index in [1.807, 2.05) is 13.8 Å². The summed E-state index contributed by atoms with van der Waals surface area (Å²) in [4.78, 5) is 33.0. The second kappa shape index (κ2) is 6.69. The summed E-state index contributed by atoms with van der Waals surface area (Å²) in [5.41, 5.74) is 0.484. The zero-order chi connectivity index (χ0) is 15.4. The first-order valence-electron chi connectivity index (χ1n) is 6.21. The molecule has 1 heterocycles. The zero-order valence-corrected chi connectivity index (χ0v) is 13.1. The number of amides is 1. The van der Waals surface area contributed by atoms with E-state index in [1.165, 1.54) is 0 Å². The van der Waals surface area contributed by atoms with Crippen LogP contribution in [0.4, 0.5) is 0 Å². The van der Waals surface area contributed by atoms with Crippen LogP contribution < -0.4 is 0 Å². The average molecular weight is 297 g/mol. The van der Waals surface area contributed by atoms with Crippen LogP contribution in [0.5, 0.6) is 0 Å². The van der Waals surface area contributed by atoms with Crippen molar-refractivity contribution in [3.63, 3.8) is 0 Å². The Kier molecular flexibility index (Phi) is 5.50. The van der Waals surface area contributed by atoms with Crippen molar-refractivity contribution in [2.75, 3.05) is 12.8 Å². The molecule has 0 aliphatic rings. The number of carboxylic acid groups (broad SMARTS) is 1. The molecule has 0 saturated carbocycles. The highest BCUT2D eigenvalue weighted by molar-refractivity contribution is 8.00. The van der Waals surface area contributed by atoms with Gasteiger partial charge in [0.15, 0.2) is 0 Å². The van der Waals surface area contributed by atoms with Crippen LogP contribution in [-0.2, 0) is 4.79 Å². The van der Waals surface area contributed by atoms with Crippen LogP contribution in [0.25, 0.3) is 0 Å². The number of carbonyl (C=O) groups excluding carboxylic acids is 1. The lowest BCUT2D eigenvalue weighted by Gasteiger charge is -2.21. The van der Waals surface area contributed by atoms with Gasteiger partial charge in [-0.2, -0.15) is 0 Å². The third kappa shape index (κ3) is 3.93. The van der Waals surface area contributed by atoms with Gasteiger partial charge >= 0.3 is 5.97 Å². The number of rotatable bonds is 5. The fourth-order valence-electron chi connectivity index (χ4n) is 1.55. The minimum atomic E-state index is -1.07. The van der Waals surface area contributed by atoms with Gasteiger partial charge in [0, 0.05) is 13.1 Å². The number of thioether (sulfide) groups is 1. The van der Waals surface area contributed by atoms with Gasteiger partial charge < -0.3 is 10.0 Å². The number of aromatic carboxylic acids is 1. The maximum absolute atomic E-state index is 11.9. The molecule has 110 valence electrons. The first-order chi connectivity index (χ1) is 9.23. The smallest absolute Gasteiger partial charge is 0.340 e. The van der Waals surface area contributed by atoms with Crippen LogP contribution >= 0.6 is 11.8 Å². The molecular formula is C13H19N3O3S. The summed E-state index contributed by atoms with van der Waals surface area (Å²) in [5.74, 6) is -0.477. The maximum Gasteiger partial charge on any atom is 0.340 e. The summed E-state index contributed by atoms with van der Waals surface area (Å²) in [6.07, 6.45) is 0. The molecule has 1 amide bonds. The molecule has 0 radical (unpaired) electrons. The summed E-state index contributed by atoms with van der Waals surface area (Å²) in [6.45, 7) is 7.17. The summed E-state index contributed by atoms with van der Waals surface area (Å²) in [5, 5.41) is 9.55. The Labute approximate surface area is 122 Å². The maximum atomic E-state index is 11.9. The third-order valence-corrected chi connectivity index (χ3v) is 3.84. The summed E-state index contributed by atoms with van der Waals surface area (Å²) < 4.78 is 0. The number of hydrogen-bond donors (Lipinski definition) is 1. The van der Waals surface area contributed by atoms with Gasteiger partial charge in [0.2, 0.25) is 5.91 Å². The predicted octanol–water partition coefficient (Wildman–Crippen LogP) is 1.75. The fourth-order valence-corrected chi connectivity index (χ4v) is 2.59. The van der Waals surface area contributed by atoms with E-state index in [0.29, 0.717) is 16.5 Å². The highest BCUT2D eigenvalue weighted by Crippen LogP contribution is 2.23. The Morgan fingerprint density at radius 3 is 2.40 bits per heavy atom. The molecule has 20 heavy (non-hydrogen) atoms. The van der Waals surface area contributed by atoms with E-state index in [4.69, 9.17) is 0 Å². The van der Waals surface area contributed by atoms with Gasteiger partial charge in [-0.25, -0.2) is 14.8 Å². The molecule has 1 rings (SSSR count). The van der Waals surface area contributed by atoms with Crippen molar-refractivity contribution in [1.82, 2.24) is 14.9 Å². The minimum Gasteiger partial charge on any atom is -0.478 e. The highest BCUT2D eigenvalue weighted by Gasteiger charge is 2.19. The molecule has 6 nitrogen and oxygen atoms in total. The Morgan fingerprint density at radius 1 is 1.30 bits per heavy atom. The number of aromatic nitrogens is 2. The van der Waals surface area contributed by atoms with Crippen LogP contribution in [0.1, 0.15) is 35.7 Å². The molecule has 1 aromatic heterocycles. The number of carbonyl (C=O) groups is 2. The van der Waals surface area contributed by atoms with Crippen LogP contribution in [-0.4, -0.2) is 50.7 Å². The van der Waals surface area contributed by atoms with Crippen molar-refractivity contribution < 1.29 is 14.7 Å². The van der Waals surface area contributed by atoms with Gasteiger partial charge in [-0.05, 0) is 27.7 Å². The van der Waals surface area contributed by atoms with Gasteiger partial charge in [-0.3, -0.25) is 4.79 Å². The summed E-state index contributed by atoms with van der Waals surface area (Å²) in [7, 11) is 1.72. The second-order valence-corrected chi connectivity index (χ2v) is 5.69. The quantitative estimate of drug-likeness (QED) is 0.658. The average Bonchev–Trinajstić information content (AvgIpc) is 2.33. The molecule has 0 aliphatic carbocycles. The van der Waals surface area contributed by atoms with E-state index in [2.05, 4.69) is 9.97 Å². The molecule has 0 unspecified atom stereocenters. The normalized spacial score (nSPS) is 10.7. The van der Waals surface area contributed by atoms with Crippen molar-refractivity contribution in [3.05, 3.63) is 17.1 Å². The van der Waals surface area contributed by atoms with Gasteiger partial charge in [0.05, 0.1) is 11.4 Å².